The van der Waals surface area contributed by atoms with Crippen LogP contribution < -0.4 is 5.32 Å². The molecule has 1 aliphatic carbocycles. The van der Waals surface area contributed by atoms with Gasteiger partial charge in [0.25, 0.3) is 0 Å². The molecule has 1 heterocycles. The van der Waals surface area contributed by atoms with Crippen LogP contribution in [0.25, 0.3) is 0 Å². The number of nitrogens with one attached hydrogen (secondary N) is 1. The van der Waals surface area contributed by atoms with Crippen molar-refractivity contribution in [1.29, 1.82) is 5.26 Å². The van der Waals surface area contributed by atoms with E-state index in [2.05, 4.69) is 16.4 Å². The highest BCUT2D eigenvalue weighted by atomic mass is 35.5. The first-order valence-corrected chi connectivity index (χ1v) is 5.66. The van der Waals surface area contributed by atoms with Crippen LogP contribution in [-0.4, -0.2) is 11.5 Å². The molecule has 14 heavy (non-hydrogen) atoms. The van der Waals surface area contributed by atoms with Gasteiger partial charge in [-0.15, -0.1) is 0 Å². The molecule has 2 rings (SSSR count). The first-order valence-electron chi connectivity index (χ1n) is 4.46. The maximum atomic E-state index is 8.63. The average molecular weight is 228 g/mol. The molecule has 1 saturated carbocycles. The molecule has 0 radical (unpaired) electrons. The Morgan fingerprint density at radius 3 is 3.00 bits per heavy atom. The molecule has 0 saturated heterocycles. The number of nitrogens with zero attached hydrogens (tertiary/aromatic N) is 2. The van der Waals surface area contributed by atoms with Crippen LogP contribution in [0.4, 0.5) is 5.13 Å². The predicted octanol–water partition coefficient (Wildman–Crippen LogP) is 2.90. The summed E-state index contributed by atoms with van der Waals surface area (Å²) in [6.45, 7) is 0.838. The quantitative estimate of drug-likeness (QED) is 0.861. The van der Waals surface area contributed by atoms with Gasteiger partial charge in [-0.3, -0.25) is 0 Å². The SMILES string of the molecule is N#CCC1(CNc2ncc(Cl)s2)CC1. The zero-order valence-electron chi connectivity index (χ0n) is 7.59. The minimum absolute atomic E-state index is 0.215. The highest BCUT2D eigenvalue weighted by Crippen LogP contribution is 2.48. The van der Waals surface area contributed by atoms with Crippen LogP contribution in [0.15, 0.2) is 6.20 Å². The molecule has 0 aromatic carbocycles. The molecule has 1 aromatic heterocycles. The highest BCUT2D eigenvalue weighted by molar-refractivity contribution is 7.19. The summed E-state index contributed by atoms with van der Waals surface area (Å²) in [6.07, 6.45) is 4.57. The topological polar surface area (TPSA) is 48.7 Å². The third kappa shape index (κ3) is 2.17. The standard InChI is InChI=1S/C9H10ClN3S/c10-7-5-12-8(14-7)13-6-9(1-2-9)3-4-11/h5H,1-3,6H2,(H,12,13). The van der Waals surface area contributed by atoms with Crippen LogP contribution in [0, 0.1) is 16.7 Å². The first kappa shape index (κ1) is 9.75. The van der Waals surface area contributed by atoms with E-state index in [-0.39, 0.29) is 5.41 Å². The number of thiazole rings is 1. The molecule has 74 valence electrons. The second kappa shape index (κ2) is 3.76. The number of nitriles is 1. The third-order valence-corrected chi connectivity index (χ3v) is 3.58. The van der Waals surface area contributed by atoms with Gasteiger partial charge >= 0.3 is 0 Å². The van der Waals surface area contributed by atoms with Gasteiger partial charge in [0.15, 0.2) is 5.13 Å². The van der Waals surface area contributed by atoms with Crippen molar-refractivity contribution in [3.8, 4) is 6.07 Å². The van der Waals surface area contributed by atoms with Crippen LogP contribution in [0.3, 0.4) is 0 Å². The van der Waals surface area contributed by atoms with Gasteiger partial charge in [0.1, 0.15) is 4.34 Å². The number of halogens is 1. The molecule has 1 aromatic rings. The van der Waals surface area contributed by atoms with Gasteiger partial charge in [-0.1, -0.05) is 22.9 Å². The summed E-state index contributed by atoms with van der Waals surface area (Å²) < 4.78 is 0.692. The van der Waals surface area contributed by atoms with E-state index in [9.17, 15) is 0 Å². The highest BCUT2D eigenvalue weighted by Gasteiger charge is 2.42. The molecular weight excluding hydrogens is 218 g/mol. The lowest BCUT2D eigenvalue weighted by Crippen LogP contribution is -2.14. The van der Waals surface area contributed by atoms with Gasteiger partial charge in [0, 0.05) is 18.4 Å². The van der Waals surface area contributed by atoms with Gasteiger partial charge in [0.2, 0.25) is 0 Å². The third-order valence-electron chi connectivity index (χ3n) is 2.50. The van der Waals surface area contributed by atoms with Crippen molar-refractivity contribution in [2.75, 3.05) is 11.9 Å². The molecule has 0 unspecified atom stereocenters. The molecule has 0 atom stereocenters. The normalized spacial score (nSPS) is 17.4. The molecule has 0 spiro atoms. The second-order valence-corrected chi connectivity index (χ2v) is 5.32. The molecule has 5 heteroatoms. The number of aromatic nitrogens is 1. The van der Waals surface area contributed by atoms with Crippen molar-refractivity contribution >= 4 is 28.1 Å². The Balaban J connectivity index is 1.86. The average Bonchev–Trinajstić information content (AvgIpc) is 2.80. The molecular formula is C9H10ClN3S. The fourth-order valence-electron chi connectivity index (χ4n) is 1.36. The number of hydrogen-bond acceptors (Lipinski definition) is 4. The summed E-state index contributed by atoms with van der Waals surface area (Å²) in [4.78, 5) is 4.10. The fraction of sp³-hybridized carbons (Fsp3) is 0.556. The summed E-state index contributed by atoms with van der Waals surface area (Å²) in [5.41, 5.74) is 0.215. The van der Waals surface area contributed by atoms with E-state index in [1.165, 1.54) is 11.3 Å². The molecule has 1 N–H and O–H groups in total. The number of hydrogen-bond donors (Lipinski definition) is 1. The van der Waals surface area contributed by atoms with Crippen molar-refractivity contribution in [3.63, 3.8) is 0 Å². The molecule has 0 amide bonds. The van der Waals surface area contributed by atoms with E-state index in [0.717, 1.165) is 24.5 Å². The van der Waals surface area contributed by atoms with E-state index >= 15 is 0 Å². The van der Waals surface area contributed by atoms with E-state index in [1.54, 1.807) is 6.20 Å². The van der Waals surface area contributed by atoms with Gasteiger partial charge in [-0.2, -0.15) is 5.26 Å². The largest absolute Gasteiger partial charge is 0.361 e. The Hall–Kier alpha value is -0.790. The van der Waals surface area contributed by atoms with Crippen molar-refractivity contribution in [2.45, 2.75) is 19.3 Å². The van der Waals surface area contributed by atoms with E-state index in [0.29, 0.717) is 10.8 Å². The van der Waals surface area contributed by atoms with Crippen LogP contribution in [0.2, 0.25) is 4.34 Å². The van der Waals surface area contributed by atoms with E-state index in [4.69, 9.17) is 16.9 Å². The minimum Gasteiger partial charge on any atom is -0.361 e. The fourth-order valence-corrected chi connectivity index (χ4v) is 2.17. The monoisotopic (exact) mass is 227 g/mol. The van der Waals surface area contributed by atoms with E-state index < -0.39 is 0 Å². The Labute approximate surface area is 91.7 Å². The summed E-state index contributed by atoms with van der Waals surface area (Å²) >= 11 is 7.19. The zero-order chi connectivity index (χ0) is 10.0. The maximum Gasteiger partial charge on any atom is 0.184 e. The summed E-state index contributed by atoms with van der Waals surface area (Å²) in [6, 6.07) is 2.23. The Morgan fingerprint density at radius 2 is 2.50 bits per heavy atom. The minimum atomic E-state index is 0.215. The predicted molar refractivity (Wildman–Crippen MR) is 57.5 cm³/mol. The van der Waals surface area contributed by atoms with Crippen molar-refractivity contribution < 1.29 is 0 Å². The maximum absolute atomic E-state index is 8.63. The smallest absolute Gasteiger partial charge is 0.184 e. The van der Waals surface area contributed by atoms with Crippen LogP contribution in [-0.2, 0) is 0 Å². The van der Waals surface area contributed by atoms with Crippen molar-refractivity contribution in [1.82, 2.24) is 4.98 Å². The van der Waals surface area contributed by atoms with Gasteiger partial charge < -0.3 is 5.32 Å². The number of anilines is 1. The molecule has 0 bridgehead atoms. The second-order valence-electron chi connectivity index (χ2n) is 3.66. The summed E-state index contributed by atoms with van der Waals surface area (Å²) in [7, 11) is 0. The van der Waals surface area contributed by atoms with Gasteiger partial charge in [-0.25, -0.2) is 4.98 Å². The Bertz CT molecular complexity index is 364. The van der Waals surface area contributed by atoms with Gasteiger partial charge in [0.05, 0.1) is 12.3 Å². The molecule has 1 fully saturated rings. The summed E-state index contributed by atoms with van der Waals surface area (Å²) in [5.74, 6) is 0. The Morgan fingerprint density at radius 1 is 1.71 bits per heavy atom. The summed E-state index contributed by atoms with van der Waals surface area (Å²) in [5, 5.41) is 12.7. The zero-order valence-corrected chi connectivity index (χ0v) is 9.16. The lowest BCUT2D eigenvalue weighted by atomic mass is 10.0. The Kier molecular flexibility index (Phi) is 2.62. The first-order chi connectivity index (χ1) is 6.74. The van der Waals surface area contributed by atoms with Crippen molar-refractivity contribution in [3.05, 3.63) is 10.5 Å². The van der Waals surface area contributed by atoms with E-state index in [1.807, 2.05) is 0 Å². The van der Waals surface area contributed by atoms with Gasteiger partial charge in [-0.05, 0) is 12.8 Å². The molecule has 1 aliphatic rings. The van der Waals surface area contributed by atoms with Crippen LogP contribution in [0.5, 0.6) is 0 Å². The molecule has 0 aliphatic heterocycles. The van der Waals surface area contributed by atoms with Crippen LogP contribution in [0.1, 0.15) is 19.3 Å². The lowest BCUT2D eigenvalue weighted by Gasteiger charge is -2.10. The van der Waals surface area contributed by atoms with Crippen LogP contribution >= 0.6 is 22.9 Å². The number of rotatable bonds is 4. The van der Waals surface area contributed by atoms with Crippen molar-refractivity contribution in [2.24, 2.45) is 5.41 Å². The lowest BCUT2D eigenvalue weighted by molar-refractivity contribution is 0.557. The molecule has 3 nitrogen and oxygen atoms in total.